The lowest BCUT2D eigenvalue weighted by atomic mass is 9.83. The molecule has 0 aliphatic carbocycles. The van der Waals surface area contributed by atoms with E-state index in [1.54, 1.807) is 35.2 Å². The van der Waals surface area contributed by atoms with Gasteiger partial charge in [-0.25, -0.2) is 4.79 Å². The number of amides is 1. The van der Waals surface area contributed by atoms with Crippen LogP contribution in [-0.4, -0.2) is 71.3 Å². The normalized spacial score (nSPS) is 22.6. The third kappa shape index (κ3) is 5.59. The maximum absolute atomic E-state index is 13.4. The highest BCUT2D eigenvalue weighted by molar-refractivity contribution is 5.96. The van der Waals surface area contributed by atoms with E-state index in [-0.39, 0.29) is 39.0 Å². The van der Waals surface area contributed by atoms with Crippen molar-refractivity contribution in [1.82, 2.24) is 9.80 Å². The summed E-state index contributed by atoms with van der Waals surface area (Å²) in [4.78, 5) is 27.6. The van der Waals surface area contributed by atoms with Crippen LogP contribution in [0, 0.1) is 0 Å². The van der Waals surface area contributed by atoms with E-state index in [9.17, 15) is 41.0 Å². The Morgan fingerprint density at radius 2 is 1.49 bits per heavy atom. The molecule has 2 aliphatic rings. The third-order valence-electron chi connectivity index (χ3n) is 6.90. The number of piperidine rings is 1. The lowest BCUT2D eigenvalue weighted by molar-refractivity contribution is -0.220. The molecule has 0 aromatic heterocycles. The van der Waals surface area contributed by atoms with Crippen molar-refractivity contribution < 1.29 is 45.8 Å². The van der Waals surface area contributed by atoms with Crippen molar-refractivity contribution in [2.24, 2.45) is 0 Å². The smallest absolute Gasteiger partial charge is 0.447 e. The number of rotatable bonds is 4. The first kappa shape index (κ1) is 26.9. The molecular formula is C25H24F6N2O4. The van der Waals surface area contributed by atoms with Gasteiger partial charge in [0.05, 0.1) is 23.3 Å². The molecule has 2 aromatic rings. The van der Waals surface area contributed by atoms with E-state index in [0.717, 1.165) is 17.0 Å². The number of aliphatic hydroxyl groups excluding tert-OH is 1. The van der Waals surface area contributed by atoms with Gasteiger partial charge in [-0.3, -0.25) is 9.69 Å². The van der Waals surface area contributed by atoms with Gasteiger partial charge < -0.3 is 14.7 Å². The Morgan fingerprint density at radius 1 is 0.892 bits per heavy atom. The van der Waals surface area contributed by atoms with Gasteiger partial charge in [-0.15, -0.1) is 0 Å². The number of benzene rings is 2. The van der Waals surface area contributed by atoms with Gasteiger partial charge in [0.2, 0.25) is 0 Å². The van der Waals surface area contributed by atoms with Gasteiger partial charge in [0.25, 0.3) is 5.91 Å². The Balaban J connectivity index is 1.49. The highest BCUT2D eigenvalue weighted by atomic mass is 19.4. The molecule has 12 heteroatoms. The molecular weight excluding hydrogens is 506 g/mol. The highest BCUT2D eigenvalue weighted by Gasteiger charge is 2.50. The van der Waals surface area contributed by atoms with E-state index in [1.165, 1.54) is 12.1 Å². The lowest BCUT2D eigenvalue weighted by Crippen LogP contribution is -2.52. The molecule has 2 atom stereocenters. The van der Waals surface area contributed by atoms with Gasteiger partial charge in [0.15, 0.2) is 0 Å². The van der Waals surface area contributed by atoms with Crippen LogP contribution < -0.4 is 0 Å². The Kier molecular flexibility index (Phi) is 7.26. The molecule has 0 saturated carbocycles. The quantitative estimate of drug-likeness (QED) is 0.479. The number of alkyl halides is 6. The SMILES string of the molecule is O=C(c1ccccc1C(F)(F)F)N1C[C@H](O)[C@@H](N2CCC(OC(=O)C(F)(F)F)(c3ccccc3)CC2)C1. The number of β-amino-alcohol motifs (C(OH)–C–C–N with tert-alkyl or cyclic N) is 1. The number of nitrogens with zero attached hydrogens (tertiary/aromatic N) is 2. The summed E-state index contributed by atoms with van der Waals surface area (Å²) in [7, 11) is 0. The number of aliphatic hydroxyl groups is 1. The van der Waals surface area contributed by atoms with Gasteiger partial charge in [0.1, 0.15) is 5.60 Å². The zero-order valence-electron chi connectivity index (χ0n) is 19.4. The summed E-state index contributed by atoms with van der Waals surface area (Å²) in [6.45, 7) is -0.00218. The van der Waals surface area contributed by atoms with E-state index in [0.29, 0.717) is 5.56 Å². The molecule has 2 saturated heterocycles. The molecule has 2 heterocycles. The Morgan fingerprint density at radius 3 is 2.08 bits per heavy atom. The molecule has 0 radical (unpaired) electrons. The van der Waals surface area contributed by atoms with Gasteiger partial charge in [-0.05, 0) is 17.7 Å². The fraction of sp³-hybridized carbons (Fsp3) is 0.440. The molecule has 2 fully saturated rings. The van der Waals surface area contributed by atoms with Crippen molar-refractivity contribution in [2.75, 3.05) is 26.2 Å². The molecule has 2 aromatic carbocycles. The maximum atomic E-state index is 13.4. The minimum Gasteiger partial charge on any atom is -0.447 e. The molecule has 0 unspecified atom stereocenters. The fourth-order valence-corrected chi connectivity index (χ4v) is 5.03. The molecule has 2 aliphatic heterocycles. The summed E-state index contributed by atoms with van der Waals surface area (Å²) in [5.74, 6) is -3.17. The number of carbonyl (C=O) groups is 2. The summed E-state index contributed by atoms with van der Waals surface area (Å²) in [5, 5.41) is 10.6. The Hall–Kier alpha value is -3.12. The molecule has 200 valence electrons. The molecule has 37 heavy (non-hydrogen) atoms. The van der Waals surface area contributed by atoms with E-state index in [2.05, 4.69) is 0 Å². The molecule has 6 nitrogen and oxygen atoms in total. The topological polar surface area (TPSA) is 70.1 Å². The van der Waals surface area contributed by atoms with Gasteiger partial charge in [-0.1, -0.05) is 42.5 Å². The van der Waals surface area contributed by atoms with Crippen molar-refractivity contribution in [3.05, 3.63) is 71.3 Å². The molecule has 0 bridgehead atoms. The zero-order chi connectivity index (χ0) is 27.0. The van der Waals surface area contributed by atoms with Crippen molar-refractivity contribution in [3.8, 4) is 0 Å². The van der Waals surface area contributed by atoms with E-state index in [1.807, 2.05) is 0 Å². The second kappa shape index (κ2) is 9.97. The largest absolute Gasteiger partial charge is 0.490 e. The van der Waals surface area contributed by atoms with Crippen LogP contribution >= 0.6 is 0 Å². The van der Waals surface area contributed by atoms with Crippen molar-refractivity contribution in [1.29, 1.82) is 0 Å². The first-order valence-electron chi connectivity index (χ1n) is 11.6. The molecule has 1 N–H and O–H groups in total. The van der Waals surface area contributed by atoms with Crippen LogP contribution in [0.3, 0.4) is 0 Å². The minimum absolute atomic E-state index is 0.00704. The summed E-state index contributed by atoms with van der Waals surface area (Å²) < 4.78 is 84.1. The monoisotopic (exact) mass is 530 g/mol. The van der Waals surface area contributed by atoms with Gasteiger partial charge in [0, 0.05) is 39.0 Å². The zero-order valence-corrected chi connectivity index (χ0v) is 19.4. The molecule has 0 spiro atoms. The van der Waals surface area contributed by atoms with E-state index in [4.69, 9.17) is 4.74 Å². The maximum Gasteiger partial charge on any atom is 0.490 e. The van der Waals surface area contributed by atoms with Gasteiger partial charge in [-0.2, -0.15) is 26.3 Å². The first-order valence-corrected chi connectivity index (χ1v) is 11.6. The van der Waals surface area contributed by atoms with Crippen molar-refractivity contribution >= 4 is 11.9 Å². The van der Waals surface area contributed by atoms with E-state index >= 15 is 0 Å². The minimum atomic E-state index is -5.17. The summed E-state index contributed by atoms with van der Waals surface area (Å²) >= 11 is 0. The number of esters is 1. The highest BCUT2D eigenvalue weighted by Crippen LogP contribution is 2.40. The number of hydrogen-bond donors (Lipinski definition) is 1. The predicted octanol–water partition coefficient (Wildman–Crippen LogP) is 3.99. The Bertz CT molecular complexity index is 1130. The number of likely N-dealkylation sites (tertiary alicyclic amines) is 2. The van der Waals surface area contributed by atoms with Crippen molar-refractivity contribution in [2.45, 2.75) is 42.9 Å². The standard InChI is InChI=1S/C25H24F6N2O4/c26-24(27,28)18-9-5-4-8-17(18)21(35)33-14-19(20(34)15-33)32-12-10-23(11-13-32,16-6-2-1-3-7-16)37-22(36)25(29,30)31/h1-9,19-20,34H,10-15H2/t19-,20-/m0/s1. The van der Waals surface area contributed by atoms with Crippen LogP contribution in [0.25, 0.3) is 0 Å². The average molecular weight is 530 g/mol. The van der Waals surface area contributed by atoms with Crippen LogP contribution in [0.5, 0.6) is 0 Å². The summed E-state index contributed by atoms with van der Waals surface area (Å²) in [6.07, 6.45) is -11.0. The summed E-state index contributed by atoms with van der Waals surface area (Å²) in [5.41, 5.74) is -2.73. The fourth-order valence-electron chi connectivity index (χ4n) is 5.03. The Labute approximate surface area is 208 Å². The van der Waals surface area contributed by atoms with Crippen molar-refractivity contribution in [3.63, 3.8) is 0 Å². The van der Waals surface area contributed by atoms with Gasteiger partial charge >= 0.3 is 18.3 Å². The third-order valence-corrected chi connectivity index (χ3v) is 6.90. The van der Waals surface area contributed by atoms with Crippen LogP contribution in [-0.2, 0) is 21.3 Å². The van der Waals surface area contributed by atoms with Crippen LogP contribution in [0.4, 0.5) is 26.3 Å². The first-order chi connectivity index (χ1) is 17.3. The molecule has 1 amide bonds. The average Bonchev–Trinajstić information content (AvgIpc) is 3.25. The second-order valence-electron chi connectivity index (χ2n) is 9.17. The molecule has 4 rings (SSSR count). The lowest BCUT2D eigenvalue weighted by Gasteiger charge is -2.43. The van der Waals surface area contributed by atoms with E-state index < -0.39 is 53.1 Å². The second-order valence-corrected chi connectivity index (χ2v) is 9.17. The number of carbonyl (C=O) groups excluding carboxylic acids is 2. The predicted molar refractivity (Wildman–Crippen MR) is 118 cm³/mol. The number of hydrogen-bond acceptors (Lipinski definition) is 5. The number of ether oxygens (including phenoxy) is 1. The van der Waals surface area contributed by atoms with Crippen LogP contribution in [0.2, 0.25) is 0 Å². The van der Waals surface area contributed by atoms with Crippen LogP contribution in [0.1, 0.15) is 34.3 Å². The van der Waals surface area contributed by atoms with Crippen LogP contribution in [0.15, 0.2) is 54.6 Å². The number of halogens is 6. The summed E-state index contributed by atoms with van der Waals surface area (Å²) in [6, 6.07) is 11.8.